The smallest absolute Gasteiger partial charge is 0.220 e. The summed E-state index contributed by atoms with van der Waals surface area (Å²) in [6.45, 7) is 2.64. The molecular formula is C64H111NO13. The number of hydrogen-bond donors (Lipinski definition) is 9. The largest absolute Gasteiger partial charge is 0.394 e. The number of amides is 1. The van der Waals surface area contributed by atoms with Crippen LogP contribution in [0.5, 0.6) is 0 Å². The molecule has 0 aromatic heterocycles. The molecule has 0 spiro atoms. The molecule has 14 nitrogen and oxygen atoms in total. The van der Waals surface area contributed by atoms with E-state index in [-0.39, 0.29) is 18.9 Å². The van der Waals surface area contributed by atoms with Gasteiger partial charge in [-0.1, -0.05) is 221 Å². The summed E-state index contributed by atoms with van der Waals surface area (Å²) in [7, 11) is 0. The molecule has 2 saturated heterocycles. The van der Waals surface area contributed by atoms with Crippen molar-refractivity contribution in [2.45, 2.75) is 293 Å². The van der Waals surface area contributed by atoms with Crippen LogP contribution < -0.4 is 5.32 Å². The molecule has 0 radical (unpaired) electrons. The Kier molecular flexibility index (Phi) is 44.6. The summed E-state index contributed by atoms with van der Waals surface area (Å²) in [6, 6.07) is -0.934. The van der Waals surface area contributed by atoms with E-state index in [0.717, 1.165) is 64.2 Å². The van der Waals surface area contributed by atoms with E-state index < -0.39 is 86.8 Å². The van der Waals surface area contributed by atoms with E-state index in [1.54, 1.807) is 6.08 Å². The van der Waals surface area contributed by atoms with Gasteiger partial charge in [-0.2, -0.15) is 0 Å². The third-order valence-electron chi connectivity index (χ3n) is 14.6. The Labute approximate surface area is 471 Å². The van der Waals surface area contributed by atoms with Crippen molar-refractivity contribution in [2.75, 3.05) is 19.8 Å². The van der Waals surface area contributed by atoms with E-state index in [4.69, 9.17) is 18.9 Å². The number of rotatable bonds is 48. The Morgan fingerprint density at radius 3 is 1.41 bits per heavy atom. The predicted octanol–water partition coefficient (Wildman–Crippen LogP) is 10.9. The second-order valence-electron chi connectivity index (χ2n) is 21.4. The first kappa shape index (κ1) is 71.3. The first-order valence-corrected chi connectivity index (χ1v) is 30.8. The highest BCUT2D eigenvalue weighted by molar-refractivity contribution is 5.76. The number of ether oxygens (including phenoxy) is 4. The highest BCUT2D eigenvalue weighted by Crippen LogP contribution is 2.30. The minimum absolute atomic E-state index is 0.253. The normalized spacial score (nSPS) is 25.2. The second kappa shape index (κ2) is 48.8. The van der Waals surface area contributed by atoms with Gasteiger partial charge in [0.2, 0.25) is 5.91 Å². The monoisotopic (exact) mass is 1100 g/mol. The average molecular weight is 1100 g/mol. The van der Waals surface area contributed by atoms with Gasteiger partial charge in [0.1, 0.15) is 48.8 Å². The Hall–Kier alpha value is -2.83. The molecule has 2 aliphatic rings. The molecule has 0 bridgehead atoms. The lowest BCUT2D eigenvalue weighted by molar-refractivity contribution is -0.359. The molecule has 2 fully saturated rings. The van der Waals surface area contributed by atoms with Crippen LogP contribution in [0, 0.1) is 0 Å². The minimum Gasteiger partial charge on any atom is -0.394 e. The van der Waals surface area contributed by atoms with Gasteiger partial charge in [0.25, 0.3) is 0 Å². The van der Waals surface area contributed by atoms with E-state index in [1.807, 2.05) is 6.08 Å². The molecular weight excluding hydrogens is 991 g/mol. The van der Waals surface area contributed by atoms with Gasteiger partial charge >= 0.3 is 0 Å². The molecule has 78 heavy (non-hydrogen) atoms. The van der Waals surface area contributed by atoms with Crippen molar-refractivity contribution in [3.05, 3.63) is 85.1 Å². The van der Waals surface area contributed by atoms with Crippen molar-refractivity contribution in [1.82, 2.24) is 5.32 Å². The molecule has 2 heterocycles. The highest BCUT2D eigenvalue weighted by atomic mass is 16.7. The Morgan fingerprint density at radius 2 is 0.897 bits per heavy atom. The Balaban J connectivity index is 1.67. The zero-order valence-electron chi connectivity index (χ0n) is 48.4. The van der Waals surface area contributed by atoms with E-state index in [1.165, 1.54) is 122 Å². The van der Waals surface area contributed by atoms with Gasteiger partial charge in [0.05, 0.1) is 32.0 Å². The fourth-order valence-electron chi connectivity index (χ4n) is 9.63. The molecule has 12 unspecified atom stereocenters. The third kappa shape index (κ3) is 33.8. The third-order valence-corrected chi connectivity index (χ3v) is 14.6. The number of aliphatic hydroxyl groups is 8. The van der Waals surface area contributed by atoms with Crippen molar-refractivity contribution >= 4 is 5.91 Å². The summed E-state index contributed by atoms with van der Waals surface area (Å²) in [5.74, 6) is -0.253. The zero-order valence-corrected chi connectivity index (χ0v) is 48.4. The van der Waals surface area contributed by atoms with E-state index >= 15 is 0 Å². The highest BCUT2D eigenvalue weighted by Gasteiger charge is 2.51. The van der Waals surface area contributed by atoms with Crippen molar-refractivity contribution < 1.29 is 64.6 Å². The van der Waals surface area contributed by atoms with Crippen molar-refractivity contribution in [1.29, 1.82) is 0 Å². The first-order valence-electron chi connectivity index (χ1n) is 30.8. The SMILES string of the molecule is CC/C=C\C/C=C\C/C=C\C/C=C\C/C=C\CCCCCCCCCCCCCCCCCC(=O)NC(COC1OC(CO)C(OC2OC(CO)C(O)C(O)C2O)C(O)C1O)C(O)/C=C/CC/C=C/CCCCCCCCC. The summed E-state index contributed by atoms with van der Waals surface area (Å²) >= 11 is 0. The lowest BCUT2D eigenvalue weighted by Crippen LogP contribution is -2.65. The van der Waals surface area contributed by atoms with Crippen molar-refractivity contribution in [3.63, 3.8) is 0 Å². The summed E-state index contributed by atoms with van der Waals surface area (Å²) in [6.07, 6.45) is 49.2. The van der Waals surface area contributed by atoms with Gasteiger partial charge in [0.15, 0.2) is 12.6 Å². The molecule has 0 aromatic carbocycles. The Morgan fingerprint density at radius 1 is 0.474 bits per heavy atom. The maximum absolute atomic E-state index is 13.3. The lowest BCUT2D eigenvalue weighted by atomic mass is 9.97. The number of unbranched alkanes of at least 4 members (excludes halogenated alkanes) is 23. The molecule has 0 aromatic rings. The van der Waals surface area contributed by atoms with Crippen LogP contribution in [0.15, 0.2) is 85.1 Å². The lowest BCUT2D eigenvalue weighted by Gasteiger charge is -2.46. The van der Waals surface area contributed by atoms with Gasteiger partial charge in [0, 0.05) is 6.42 Å². The van der Waals surface area contributed by atoms with Crippen LogP contribution in [0.25, 0.3) is 0 Å². The number of nitrogens with one attached hydrogen (secondary N) is 1. The van der Waals surface area contributed by atoms with Gasteiger partial charge in [-0.05, 0) is 77.0 Å². The van der Waals surface area contributed by atoms with E-state index in [9.17, 15) is 45.6 Å². The van der Waals surface area contributed by atoms with Gasteiger partial charge in [-0.25, -0.2) is 0 Å². The van der Waals surface area contributed by atoms with Crippen LogP contribution >= 0.6 is 0 Å². The standard InChI is InChI=1S/C64H111NO13/c1-3-5-7-9-11-13-15-17-18-19-20-21-22-23-24-25-26-27-28-29-30-31-32-33-34-36-38-40-42-44-46-48-56(69)65-52(53(68)47-45-43-41-39-37-35-16-14-12-10-8-6-4-2)51-75-63-61(74)59(72)62(55(50-67)77-63)78-64-60(73)58(71)57(70)54(49-66)76-64/h5,7,11,13,17-18,20-21,23-24,37,39,45,47,52-55,57-64,66-68,70-74H,3-4,6,8-10,12,14-16,19,22,25-36,38,40-44,46,48-51H2,1-2H3,(H,65,69)/b7-5-,13-11-,18-17-,21-20-,24-23-,39-37+,47-45+. The van der Waals surface area contributed by atoms with E-state index in [0.29, 0.717) is 12.8 Å². The van der Waals surface area contributed by atoms with Gasteiger partial charge in [-0.15, -0.1) is 0 Å². The number of hydrogen-bond acceptors (Lipinski definition) is 13. The fourth-order valence-corrected chi connectivity index (χ4v) is 9.63. The zero-order chi connectivity index (χ0) is 56.7. The van der Waals surface area contributed by atoms with Crippen LogP contribution in [-0.4, -0.2) is 140 Å². The molecule has 0 aliphatic carbocycles. The molecule has 2 rings (SSSR count). The maximum atomic E-state index is 13.3. The first-order chi connectivity index (χ1) is 38.1. The molecule has 450 valence electrons. The summed E-state index contributed by atoms with van der Waals surface area (Å²) in [5.41, 5.74) is 0. The number of carbonyl (C=O) groups excluding carboxylic acids is 1. The summed E-state index contributed by atoms with van der Waals surface area (Å²) in [4.78, 5) is 13.3. The number of allylic oxidation sites excluding steroid dienone is 13. The molecule has 12 atom stereocenters. The molecule has 9 N–H and O–H groups in total. The maximum Gasteiger partial charge on any atom is 0.220 e. The summed E-state index contributed by atoms with van der Waals surface area (Å²) in [5, 5.41) is 87.0. The quantitative estimate of drug-likeness (QED) is 0.0204. The van der Waals surface area contributed by atoms with Crippen LogP contribution in [0.4, 0.5) is 0 Å². The Bertz CT molecular complexity index is 1630. The van der Waals surface area contributed by atoms with Crippen LogP contribution in [0.1, 0.15) is 219 Å². The fraction of sp³-hybridized carbons (Fsp3) is 0.766. The van der Waals surface area contributed by atoms with Crippen LogP contribution in [0.2, 0.25) is 0 Å². The number of aliphatic hydroxyl groups excluding tert-OH is 8. The van der Waals surface area contributed by atoms with Gasteiger partial charge in [-0.3, -0.25) is 4.79 Å². The minimum atomic E-state index is -1.79. The van der Waals surface area contributed by atoms with E-state index in [2.05, 4.69) is 92.1 Å². The molecule has 14 heteroatoms. The van der Waals surface area contributed by atoms with Gasteiger partial charge < -0.3 is 65.1 Å². The van der Waals surface area contributed by atoms with Crippen molar-refractivity contribution in [3.8, 4) is 0 Å². The average Bonchev–Trinajstić information content (AvgIpc) is 3.47. The molecule has 0 saturated carbocycles. The van der Waals surface area contributed by atoms with Crippen LogP contribution in [-0.2, 0) is 23.7 Å². The van der Waals surface area contributed by atoms with Crippen molar-refractivity contribution in [2.24, 2.45) is 0 Å². The second-order valence-corrected chi connectivity index (χ2v) is 21.4. The topological polar surface area (TPSA) is 228 Å². The predicted molar refractivity (Wildman–Crippen MR) is 313 cm³/mol. The summed E-state index contributed by atoms with van der Waals surface area (Å²) < 4.78 is 22.7. The molecule has 1 amide bonds. The van der Waals surface area contributed by atoms with Crippen LogP contribution in [0.3, 0.4) is 0 Å². The molecule has 2 aliphatic heterocycles. The number of carbonyl (C=O) groups is 1.